The van der Waals surface area contributed by atoms with E-state index in [1.54, 1.807) is 42.5 Å². The van der Waals surface area contributed by atoms with Gasteiger partial charge in [-0.3, -0.25) is 9.59 Å². The third kappa shape index (κ3) is 5.13. The van der Waals surface area contributed by atoms with Crippen LogP contribution in [0.15, 0.2) is 42.5 Å². The number of nitrogens with one attached hydrogen (secondary N) is 1. The summed E-state index contributed by atoms with van der Waals surface area (Å²) in [5.41, 5.74) is 1.24. The molecule has 1 N–H and O–H groups in total. The maximum atomic E-state index is 12.0. The minimum absolute atomic E-state index is 0.141. The van der Waals surface area contributed by atoms with Crippen LogP contribution in [0.3, 0.4) is 0 Å². The fourth-order valence-electron chi connectivity index (χ4n) is 2.09. The van der Waals surface area contributed by atoms with E-state index in [4.69, 9.17) is 34.8 Å². The van der Waals surface area contributed by atoms with Crippen molar-refractivity contribution in [1.29, 1.82) is 0 Å². The van der Waals surface area contributed by atoms with Gasteiger partial charge in [-0.2, -0.15) is 0 Å². The van der Waals surface area contributed by atoms with Crippen molar-refractivity contribution in [3.8, 4) is 0 Å². The number of anilines is 2. The lowest BCUT2D eigenvalue weighted by molar-refractivity contribution is -0.117. The van der Waals surface area contributed by atoms with E-state index in [1.165, 1.54) is 11.8 Å². The van der Waals surface area contributed by atoms with Crippen LogP contribution in [-0.4, -0.2) is 18.4 Å². The summed E-state index contributed by atoms with van der Waals surface area (Å²) in [7, 11) is 0. The van der Waals surface area contributed by atoms with E-state index < -0.39 is 0 Å². The first-order chi connectivity index (χ1) is 11.4. The Labute approximate surface area is 155 Å². The van der Waals surface area contributed by atoms with Crippen LogP contribution in [0.4, 0.5) is 11.4 Å². The molecule has 2 rings (SSSR count). The third-order valence-corrected chi connectivity index (χ3v) is 4.28. The van der Waals surface area contributed by atoms with E-state index in [-0.39, 0.29) is 24.8 Å². The van der Waals surface area contributed by atoms with Gasteiger partial charge in [0.25, 0.3) is 0 Å². The van der Waals surface area contributed by atoms with Gasteiger partial charge in [0.15, 0.2) is 0 Å². The largest absolute Gasteiger partial charge is 0.326 e. The van der Waals surface area contributed by atoms with Gasteiger partial charge in [0.2, 0.25) is 11.8 Å². The highest BCUT2D eigenvalue weighted by atomic mass is 35.5. The van der Waals surface area contributed by atoms with Crippen molar-refractivity contribution < 1.29 is 9.59 Å². The summed E-state index contributed by atoms with van der Waals surface area (Å²) in [6.07, 6.45) is 0.141. The van der Waals surface area contributed by atoms with E-state index in [0.717, 1.165) is 0 Å². The lowest BCUT2D eigenvalue weighted by atomic mass is 10.2. The molecular weight excluding hydrogens is 371 g/mol. The van der Waals surface area contributed by atoms with Crippen molar-refractivity contribution in [2.24, 2.45) is 0 Å². The number of rotatable bonds is 5. The zero-order valence-electron chi connectivity index (χ0n) is 12.9. The molecule has 2 aromatic carbocycles. The molecule has 0 aromatic heterocycles. The van der Waals surface area contributed by atoms with Gasteiger partial charge >= 0.3 is 0 Å². The first kappa shape index (κ1) is 18.6. The molecule has 0 bridgehead atoms. The smallest absolute Gasteiger partial charge is 0.226 e. The van der Waals surface area contributed by atoms with Crippen LogP contribution in [0, 0.1) is 0 Å². The van der Waals surface area contributed by atoms with Gasteiger partial charge in [0.05, 0.1) is 10.0 Å². The summed E-state index contributed by atoms with van der Waals surface area (Å²) in [4.78, 5) is 25.4. The Kier molecular flexibility index (Phi) is 6.49. The molecular formula is C17H15Cl3N2O2. The van der Waals surface area contributed by atoms with Gasteiger partial charge in [0.1, 0.15) is 0 Å². The topological polar surface area (TPSA) is 49.4 Å². The van der Waals surface area contributed by atoms with E-state index in [1.807, 2.05) is 0 Å². The summed E-state index contributed by atoms with van der Waals surface area (Å²) in [5, 5.41) is 4.11. The fraction of sp³-hybridized carbons (Fsp3) is 0.176. The molecule has 0 atom stereocenters. The molecule has 0 saturated carbocycles. The standard InChI is InChI=1S/C17H15Cl3N2O2/c1-11(23)22(14-6-7-15(19)16(20)10-14)9-8-17(24)21-13-4-2-12(18)3-5-13/h2-7,10H,8-9H2,1H3,(H,21,24). The first-order valence-corrected chi connectivity index (χ1v) is 8.29. The Morgan fingerprint density at radius 1 is 1.00 bits per heavy atom. The minimum atomic E-state index is -0.205. The predicted molar refractivity (Wildman–Crippen MR) is 99.2 cm³/mol. The monoisotopic (exact) mass is 384 g/mol. The van der Waals surface area contributed by atoms with Crippen LogP contribution >= 0.6 is 34.8 Å². The van der Waals surface area contributed by atoms with Gasteiger partial charge < -0.3 is 10.2 Å². The number of hydrogen-bond donors (Lipinski definition) is 1. The van der Waals surface area contributed by atoms with Crippen molar-refractivity contribution in [3.05, 3.63) is 57.5 Å². The average Bonchev–Trinajstić information content (AvgIpc) is 2.53. The maximum absolute atomic E-state index is 12.0. The molecule has 0 aliphatic carbocycles. The van der Waals surface area contributed by atoms with E-state index >= 15 is 0 Å². The first-order valence-electron chi connectivity index (χ1n) is 7.15. The Morgan fingerprint density at radius 2 is 1.67 bits per heavy atom. The number of carbonyl (C=O) groups excluding carboxylic acids is 2. The normalized spacial score (nSPS) is 10.3. The molecule has 0 aliphatic heterocycles. The van der Waals surface area contributed by atoms with Crippen LogP contribution in [0.25, 0.3) is 0 Å². The molecule has 0 saturated heterocycles. The molecule has 0 aliphatic rings. The second-order valence-electron chi connectivity index (χ2n) is 5.07. The Hall–Kier alpha value is -1.75. The zero-order valence-corrected chi connectivity index (χ0v) is 15.1. The Bertz CT molecular complexity index is 748. The Balaban J connectivity index is 2.00. The quantitative estimate of drug-likeness (QED) is 0.785. The van der Waals surface area contributed by atoms with Crippen LogP contribution in [0.5, 0.6) is 0 Å². The molecule has 0 fully saturated rings. The molecule has 2 amide bonds. The lowest BCUT2D eigenvalue weighted by Crippen LogP contribution is -2.31. The van der Waals surface area contributed by atoms with Gasteiger partial charge in [-0.1, -0.05) is 34.8 Å². The SMILES string of the molecule is CC(=O)N(CCC(=O)Nc1ccc(Cl)cc1)c1ccc(Cl)c(Cl)c1. The molecule has 24 heavy (non-hydrogen) atoms. The maximum Gasteiger partial charge on any atom is 0.226 e. The highest BCUT2D eigenvalue weighted by Crippen LogP contribution is 2.27. The highest BCUT2D eigenvalue weighted by Gasteiger charge is 2.14. The van der Waals surface area contributed by atoms with Crippen LogP contribution < -0.4 is 10.2 Å². The molecule has 2 aromatic rings. The van der Waals surface area contributed by atoms with Crippen LogP contribution in [-0.2, 0) is 9.59 Å². The molecule has 0 heterocycles. The predicted octanol–water partition coefficient (Wildman–Crippen LogP) is 5.03. The fourth-order valence-corrected chi connectivity index (χ4v) is 2.51. The third-order valence-electron chi connectivity index (χ3n) is 3.29. The van der Waals surface area contributed by atoms with Crippen molar-refractivity contribution in [1.82, 2.24) is 0 Å². The molecule has 0 spiro atoms. The summed E-state index contributed by atoms with van der Waals surface area (Å²) in [5.74, 6) is -0.392. The summed E-state index contributed by atoms with van der Waals surface area (Å²) >= 11 is 17.7. The van der Waals surface area contributed by atoms with Crippen molar-refractivity contribution in [3.63, 3.8) is 0 Å². The van der Waals surface area contributed by atoms with E-state index in [2.05, 4.69) is 5.32 Å². The van der Waals surface area contributed by atoms with Crippen molar-refractivity contribution in [2.45, 2.75) is 13.3 Å². The summed E-state index contributed by atoms with van der Waals surface area (Å²) in [6, 6.07) is 11.7. The minimum Gasteiger partial charge on any atom is -0.326 e. The average molecular weight is 386 g/mol. The van der Waals surface area contributed by atoms with Gasteiger partial charge in [-0.05, 0) is 42.5 Å². The second-order valence-corrected chi connectivity index (χ2v) is 6.32. The van der Waals surface area contributed by atoms with Gasteiger partial charge in [-0.15, -0.1) is 0 Å². The second kappa shape index (κ2) is 8.38. The van der Waals surface area contributed by atoms with Gasteiger partial charge in [0, 0.05) is 36.3 Å². The number of benzene rings is 2. The number of halogens is 3. The number of nitrogens with zero attached hydrogens (tertiary/aromatic N) is 1. The number of hydrogen-bond acceptors (Lipinski definition) is 2. The number of carbonyl (C=O) groups is 2. The van der Waals surface area contributed by atoms with Crippen LogP contribution in [0.2, 0.25) is 15.1 Å². The number of amides is 2. The van der Waals surface area contributed by atoms with Crippen molar-refractivity contribution >= 4 is 58.0 Å². The van der Waals surface area contributed by atoms with Crippen molar-refractivity contribution in [2.75, 3.05) is 16.8 Å². The Morgan fingerprint density at radius 3 is 2.25 bits per heavy atom. The summed E-state index contributed by atoms with van der Waals surface area (Å²) < 4.78 is 0. The molecule has 0 unspecified atom stereocenters. The van der Waals surface area contributed by atoms with E-state index in [0.29, 0.717) is 26.4 Å². The lowest BCUT2D eigenvalue weighted by Gasteiger charge is -2.21. The van der Waals surface area contributed by atoms with Crippen LogP contribution in [0.1, 0.15) is 13.3 Å². The highest BCUT2D eigenvalue weighted by molar-refractivity contribution is 6.42. The molecule has 7 heteroatoms. The zero-order chi connectivity index (χ0) is 17.7. The molecule has 4 nitrogen and oxygen atoms in total. The molecule has 0 radical (unpaired) electrons. The van der Waals surface area contributed by atoms with E-state index in [9.17, 15) is 9.59 Å². The molecule has 126 valence electrons. The van der Waals surface area contributed by atoms with Gasteiger partial charge in [-0.25, -0.2) is 0 Å². The summed E-state index contributed by atoms with van der Waals surface area (Å²) in [6.45, 7) is 1.66.